The van der Waals surface area contributed by atoms with E-state index in [-0.39, 0.29) is 46.1 Å². The lowest BCUT2D eigenvalue weighted by molar-refractivity contribution is -0.123. The maximum atomic E-state index is 12.8. The molecule has 0 amide bonds. The standard InChI is InChI=1S/C38H58O10S2/c1-43-33-27(29(39)35(45-3)37(47-5)31(33)41)23-19-15-11-7-9-13-17-21-25-49-50-26-22-18-14-10-8-12-16-20-24-28-30(40)36(46-4)38(48-6)32(42)34(28)44-2/h7-26H2,1-6H3. The Labute approximate surface area is 306 Å². The fourth-order valence-corrected chi connectivity index (χ4v) is 8.46. The molecule has 0 aromatic carbocycles. The number of carbonyl (C=O) groups excluding carboxylic acids is 4. The molecule has 0 atom stereocenters. The van der Waals surface area contributed by atoms with Crippen molar-refractivity contribution in [1.82, 2.24) is 0 Å². The molecule has 0 fully saturated rings. The lowest BCUT2D eigenvalue weighted by Crippen LogP contribution is -2.26. The molecule has 2 aliphatic rings. The number of Topliss-reactive ketones (excluding diaryl/α,β-unsaturated/α-hetero) is 4. The first kappa shape index (κ1) is 43.3. The van der Waals surface area contributed by atoms with Gasteiger partial charge in [-0.2, -0.15) is 0 Å². The van der Waals surface area contributed by atoms with Gasteiger partial charge in [-0.25, -0.2) is 0 Å². The van der Waals surface area contributed by atoms with Crippen molar-refractivity contribution in [3.8, 4) is 0 Å². The monoisotopic (exact) mass is 738 g/mol. The lowest BCUT2D eigenvalue weighted by atomic mass is 9.93. The first-order valence-electron chi connectivity index (χ1n) is 17.9. The van der Waals surface area contributed by atoms with Gasteiger partial charge in [0.05, 0.1) is 42.7 Å². The summed E-state index contributed by atoms with van der Waals surface area (Å²) in [5.74, 6) is 0.722. The van der Waals surface area contributed by atoms with Gasteiger partial charge in [-0.1, -0.05) is 98.6 Å². The normalized spacial score (nSPS) is 15.4. The van der Waals surface area contributed by atoms with E-state index in [0.29, 0.717) is 24.0 Å². The van der Waals surface area contributed by atoms with E-state index in [9.17, 15) is 19.2 Å². The Kier molecular flexibility index (Phi) is 21.8. The molecule has 0 unspecified atom stereocenters. The van der Waals surface area contributed by atoms with Crippen molar-refractivity contribution in [3.63, 3.8) is 0 Å². The van der Waals surface area contributed by atoms with Gasteiger partial charge in [0.25, 0.3) is 11.6 Å². The first-order valence-corrected chi connectivity index (χ1v) is 20.4. The van der Waals surface area contributed by atoms with Crippen molar-refractivity contribution < 1.29 is 47.6 Å². The Balaban J connectivity index is 1.40. The van der Waals surface area contributed by atoms with E-state index in [1.165, 1.54) is 118 Å². The Morgan fingerprint density at radius 1 is 0.320 bits per heavy atom. The molecule has 50 heavy (non-hydrogen) atoms. The predicted octanol–water partition coefficient (Wildman–Crippen LogP) is 8.50. The number of allylic oxidation sites excluding steroid dienone is 2. The highest BCUT2D eigenvalue weighted by Crippen LogP contribution is 2.31. The maximum absolute atomic E-state index is 12.8. The second kappa shape index (κ2) is 25.2. The summed E-state index contributed by atoms with van der Waals surface area (Å²) in [4.78, 5) is 50.8. The first-order chi connectivity index (χ1) is 24.3. The second-order valence-electron chi connectivity index (χ2n) is 12.3. The van der Waals surface area contributed by atoms with E-state index in [2.05, 4.69) is 0 Å². The molecule has 10 nitrogen and oxygen atoms in total. The zero-order valence-corrected chi connectivity index (χ0v) is 32.7. The summed E-state index contributed by atoms with van der Waals surface area (Å²) in [7, 11) is 12.2. The number of rotatable bonds is 29. The minimum absolute atomic E-state index is 0.0450. The van der Waals surface area contributed by atoms with Gasteiger partial charge in [-0.3, -0.25) is 19.2 Å². The van der Waals surface area contributed by atoms with Crippen molar-refractivity contribution in [2.24, 2.45) is 0 Å². The van der Waals surface area contributed by atoms with Gasteiger partial charge in [0.15, 0.2) is 11.5 Å². The molecule has 0 aromatic rings. The molecule has 12 heteroatoms. The fourth-order valence-electron chi connectivity index (χ4n) is 6.17. The minimum Gasteiger partial charge on any atom is -0.492 e. The van der Waals surface area contributed by atoms with Crippen molar-refractivity contribution in [2.75, 3.05) is 54.2 Å². The van der Waals surface area contributed by atoms with Crippen LogP contribution in [0.2, 0.25) is 0 Å². The van der Waals surface area contributed by atoms with Gasteiger partial charge < -0.3 is 28.4 Å². The highest BCUT2D eigenvalue weighted by Gasteiger charge is 2.38. The Bertz CT molecular complexity index is 1170. The van der Waals surface area contributed by atoms with Crippen molar-refractivity contribution in [3.05, 3.63) is 45.7 Å². The highest BCUT2D eigenvalue weighted by atomic mass is 33.1. The smallest absolute Gasteiger partial charge is 0.266 e. The van der Waals surface area contributed by atoms with Crippen LogP contribution in [0, 0.1) is 0 Å². The third-order valence-electron chi connectivity index (χ3n) is 8.86. The van der Waals surface area contributed by atoms with Crippen LogP contribution in [0.4, 0.5) is 0 Å². The topological polar surface area (TPSA) is 124 Å². The average Bonchev–Trinajstić information content (AvgIpc) is 3.12. The number of ketones is 4. The van der Waals surface area contributed by atoms with Crippen LogP contribution in [-0.2, 0) is 47.6 Å². The summed E-state index contributed by atoms with van der Waals surface area (Å²) in [6.07, 6.45) is 19.2. The van der Waals surface area contributed by atoms with E-state index in [1.54, 1.807) is 0 Å². The molecule has 2 aliphatic carbocycles. The van der Waals surface area contributed by atoms with Crippen LogP contribution in [0.1, 0.15) is 116 Å². The summed E-state index contributed by atoms with van der Waals surface area (Å²) in [6.45, 7) is 0. The molecule has 0 spiro atoms. The van der Waals surface area contributed by atoms with Crippen LogP contribution in [-0.4, -0.2) is 77.3 Å². The van der Waals surface area contributed by atoms with Crippen molar-refractivity contribution in [2.45, 2.75) is 116 Å². The quantitative estimate of drug-likeness (QED) is 0.0415. The summed E-state index contributed by atoms with van der Waals surface area (Å²) < 4.78 is 31.0. The maximum Gasteiger partial charge on any atom is 0.266 e. The third-order valence-corrected chi connectivity index (χ3v) is 11.4. The molecule has 282 valence electrons. The van der Waals surface area contributed by atoms with E-state index in [1.807, 2.05) is 21.6 Å². The summed E-state index contributed by atoms with van der Waals surface area (Å²) in [5, 5.41) is 0. The highest BCUT2D eigenvalue weighted by molar-refractivity contribution is 8.76. The molecule has 0 radical (unpaired) electrons. The van der Waals surface area contributed by atoms with Crippen LogP contribution in [0.25, 0.3) is 0 Å². The van der Waals surface area contributed by atoms with Gasteiger partial charge in [-0.05, 0) is 38.5 Å². The van der Waals surface area contributed by atoms with Crippen molar-refractivity contribution >= 4 is 44.7 Å². The SMILES string of the molecule is COC1=C(CCCCCCCCCCSSCCCCCCCCCCC2=C(OC)C(=O)C(OC)=C(OC)C2=O)C(=O)C(OC)=C(OC)C1=O. The minimum atomic E-state index is -0.440. The molecule has 0 N–H and O–H groups in total. The van der Waals surface area contributed by atoms with Gasteiger partial charge in [0.1, 0.15) is 0 Å². The van der Waals surface area contributed by atoms with Crippen LogP contribution in [0.15, 0.2) is 45.7 Å². The summed E-state index contributed by atoms with van der Waals surface area (Å²) in [5.41, 5.74) is 0.756. The zero-order valence-electron chi connectivity index (χ0n) is 31.0. The Morgan fingerprint density at radius 2 is 0.560 bits per heavy atom. The number of methoxy groups -OCH3 is 6. The molecule has 0 aromatic heterocycles. The van der Waals surface area contributed by atoms with Gasteiger partial charge >= 0.3 is 0 Å². The lowest BCUT2D eigenvalue weighted by Gasteiger charge is -2.21. The number of hydrogen-bond acceptors (Lipinski definition) is 12. The average molecular weight is 739 g/mol. The fraction of sp³-hybridized carbons (Fsp3) is 0.684. The molecule has 0 heterocycles. The zero-order chi connectivity index (χ0) is 36.7. The van der Waals surface area contributed by atoms with Crippen LogP contribution >= 0.6 is 21.6 Å². The summed E-state index contributed by atoms with van der Waals surface area (Å²) >= 11 is 0. The molecule has 0 saturated carbocycles. The number of carbonyl (C=O) groups is 4. The molecule has 0 bridgehead atoms. The molecule has 0 saturated heterocycles. The molecular formula is C38H58O10S2. The number of unbranched alkanes of at least 4 members (excludes halogenated alkanes) is 14. The van der Waals surface area contributed by atoms with Gasteiger partial charge in [0.2, 0.25) is 34.6 Å². The Hall–Kier alpha value is -2.86. The van der Waals surface area contributed by atoms with Crippen molar-refractivity contribution in [1.29, 1.82) is 0 Å². The van der Waals surface area contributed by atoms with E-state index >= 15 is 0 Å². The largest absolute Gasteiger partial charge is 0.492 e. The third kappa shape index (κ3) is 13.0. The van der Waals surface area contributed by atoms with E-state index < -0.39 is 11.6 Å². The van der Waals surface area contributed by atoms with Gasteiger partial charge in [-0.15, -0.1) is 0 Å². The van der Waals surface area contributed by atoms with E-state index in [0.717, 1.165) is 38.5 Å². The number of hydrogen-bond donors (Lipinski definition) is 0. The molecular weight excluding hydrogens is 681 g/mol. The predicted molar refractivity (Wildman–Crippen MR) is 198 cm³/mol. The summed E-state index contributed by atoms with van der Waals surface area (Å²) in [6, 6.07) is 0. The molecule has 0 aliphatic heterocycles. The second-order valence-corrected chi connectivity index (χ2v) is 15.0. The van der Waals surface area contributed by atoms with Gasteiger partial charge in [0, 0.05) is 22.7 Å². The Morgan fingerprint density at radius 3 is 0.840 bits per heavy atom. The van der Waals surface area contributed by atoms with Crippen LogP contribution in [0.3, 0.4) is 0 Å². The van der Waals surface area contributed by atoms with Crippen LogP contribution < -0.4 is 0 Å². The number of ether oxygens (including phenoxy) is 6. The van der Waals surface area contributed by atoms with Crippen LogP contribution in [0.5, 0.6) is 0 Å². The van der Waals surface area contributed by atoms with E-state index in [4.69, 9.17) is 28.4 Å². The molecule has 2 rings (SSSR count).